The minimum atomic E-state index is -0.443. The first-order chi connectivity index (χ1) is 10.9. The molecule has 0 saturated carbocycles. The molecule has 0 aliphatic carbocycles. The van der Waals surface area contributed by atoms with Crippen LogP contribution in [0.3, 0.4) is 0 Å². The molecule has 2 N–H and O–H groups in total. The van der Waals surface area contributed by atoms with Crippen LogP contribution in [0.2, 0.25) is 5.02 Å². The third-order valence-electron chi connectivity index (χ3n) is 4.12. The Kier molecular flexibility index (Phi) is 6.13. The summed E-state index contributed by atoms with van der Waals surface area (Å²) in [4.78, 5) is 14.6. The number of piperidine rings is 1. The summed E-state index contributed by atoms with van der Waals surface area (Å²) in [5.41, 5.74) is 6.39. The number of benzene rings is 1. The number of carbonyl (C=O) groups is 1. The third kappa shape index (κ3) is 4.75. The molecule has 2 atom stereocenters. The molecule has 1 saturated heterocycles. The third-order valence-corrected chi connectivity index (χ3v) is 4.45. The lowest BCUT2D eigenvalue weighted by atomic mass is 9.92. The van der Waals surface area contributed by atoms with E-state index in [1.54, 1.807) is 0 Å². The van der Waals surface area contributed by atoms with Crippen molar-refractivity contribution in [3.05, 3.63) is 22.7 Å². The van der Waals surface area contributed by atoms with Gasteiger partial charge in [0.05, 0.1) is 17.8 Å². The summed E-state index contributed by atoms with van der Waals surface area (Å²) in [7, 11) is 1.48. The number of rotatable bonds is 5. The van der Waals surface area contributed by atoms with E-state index in [9.17, 15) is 4.79 Å². The van der Waals surface area contributed by atoms with Crippen LogP contribution in [0.15, 0.2) is 12.1 Å². The highest BCUT2D eigenvalue weighted by atomic mass is 35.5. The number of likely N-dealkylation sites (tertiary alicyclic amines) is 1. The van der Waals surface area contributed by atoms with E-state index < -0.39 is 5.97 Å². The standard InChI is InChI=1S/C17H25ClN2O3/c1-11-6-12(2)10-20(9-11)4-5-23-17(21)13-7-14(18)15(19)8-16(13)22-3/h7-8,11-12H,4-6,9-10,19H2,1-3H3/t11-,12-/m0/s1. The second-order valence-corrected chi connectivity index (χ2v) is 6.82. The van der Waals surface area contributed by atoms with Crippen LogP contribution >= 0.6 is 11.6 Å². The van der Waals surface area contributed by atoms with Gasteiger partial charge in [0.25, 0.3) is 0 Å². The Balaban J connectivity index is 1.91. The molecule has 0 amide bonds. The van der Waals surface area contributed by atoms with Crippen molar-refractivity contribution in [2.45, 2.75) is 20.3 Å². The van der Waals surface area contributed by atoms with Crippen LogP contribution in [0.4, 0.5) is 5.69 Å². The van der Waals surface area contributed by atoms with Crippen LogP contribution in [0.1, 0.15) is 30.6 Å². The molecule has 1 aliphatic rings. The number of halogens is 1. The predicted molar refractivity (Wildman–Crippen MR) is 92.1 cm³/mol. The number of nitrogen functional groups attached to an aromatic ring is 1. The smallest absolute Gasteiger partial charge is 0.342 e. The Hall–Kier alpha value is -1.46. The summed E-state index contributed by atoms with van der Waals surface area (Å²) >= 11 is 5.98. The average molecular weight is 341 g/mol. The molecule has 1 heterocycles. The van der Waals surface area contributed by atoms with E-state index in [0.717, 1.165) is 19.6 Å². The van der Waals surface area contributed by atoms with Crippen molar-refractivity contribution in [3.63, 3.8) is 0 Å². The zero-order valence-electron chi connectivity index (χ0n) is 14.0. The van der Waals surface area contributed by atoms with Gasteiger partial charge in [0.1, 0.15) is 17.9 Å². The first kappa shape index (κ1) is 17.9. The Morgan fingerprint density at radius 2 is 2.00 bits per heavy atom. The lowest BCUT2D eigenvalue weighted by molar-refractivity contribution is 0.0412. The van der Waals surface area contributed by atoms with E-state index in [1.165, 1.54) is 25.7 Å². The van der Waals surface area contributed by atoms with Crippen LogP contribution in [0.5, 0.6) is 5.75 Å². The number of ether oxygens (including phenoxy) is 2. The lowest BCUT2D eigenvalue weighted by Gasteiger charge is -2.34. The van der Waals surface area contributed by atoms with Crippen molar-refractivity contribution in [2.24, 2.45) is 11.8 Å². The van der Waals surface area contributed by atoms with E-state index in [2.05, 4.69) is 18.7 Å². The van der Waals surface area contributed by atoms with Gasteiger partial charge in [0.15, 0.2) is 0 Å². The van der Waals surface area contributed by atoms with Crippen molar-refractivity contribution in [3.8, 4) is 5.75 Å². The number of hydrogen-bond donors (Lipinski definition) is 1. The normalized spacial score (nSPS) is 21.9. The summed E-state index contributed by atoms with van der Waals surface area (Å²) in [6.45, 7) is 7.72. The van der Waals surface area contributed by atoms with Crippen molar-refractivity contribution in [2.75, 3.05) is 39.1 Å². The number of hydrogen-bond acceptors (Lipinski definition) is 5. The fourth-order valence-corrected chi connectivity index (χ4v) is 3.38. The van der Waals surface area contributed by atoms with Gasteiger partial charge < -0.3 is 15.2 Å². The monoisotopic (exact) mass is 340 g/mol. The fourth-order valence-electron chi connectivity index (χ4n) is 3.22. The molecule has 5 nitrogen and oxygen atoms in total. The summed E-state index contributed by atoms with van der Waals surface area (Å²) in [5, 5.41) is 0.316. The second-order valence-electron chi connectivity index (χ2n) is 6.42. The van der Waals surface area contributed by atoms with Gasteiger partial charge in [0.2, 0.25) is 0 Å². The van der Waals surface area contributed by atoms with Gasteiger partial charge >= 0.3 is 5.97 Å². The largest absolute Gasteiger partial charge is 0.496 e. The number of methoxy groups -OCH3 is 1. The molecule has 6 heteroatoms. The molecule has 0 radical (unpaired) electrons. The molecule has 1 aliphatic heterocycles. The van der Waals surface area contributed by atoms with Gasteiger partial charge in [-0.15, -0.1) is 0 Å². The van der Waals surface area contributed by atoms with Gasteiger partial charge in [-0.25, -0.2) is 4.79 Å². The molecule has 128 valence electrons. The summed E-state index contributed by atoms with van der Waals surface area (Å²) in [6.07, 6.45) is 1.26. The van der Waals surface area contributed by atoms with E-state index >= 15 is 0 Å². The van der Waals surface area contributed by atoms with Crippen LogP contribution in [-0.2, 0) is 4.74 Å². The zero-order valence-corrected chi connectivity index (χ0v) is 14.7. The van der Waals surface area contributed by atoms with Crippen LogP contribution < -0.4 is 10.5 Å². The topological polar surface area (TPSA) is 64.8 Å². The Morgan fingerprint density at radius 3 is 2.61 bits per heavy atom. The zero-order chi connectivity index (χ0) is 17.0. The number of nitrogens with zero attached hydrogens (tertiary/aromatic N) is 1. The molecule has 1 aromatic carbocycles. The minimum Gasteiger partial charge on any atom is -0.496 e. The number of carbonyl (C=O) groups excluding carboxylic acids is 1. The quantitative estimate of drug-likeness (QED) is 0.659. The Morgan fingerprint density at radius 1 is 1.35 bits per heavy atom. The van der Waals surface area contributed by atoms with E-state index in [0.29, 0.717) is 40.5 Å². The molecule has 1 fully saturated rings. The summed E-state index contributed by atoms with van der Waals surface area (Å²) in [5.74, 6) is 1.30. The fraction of sp³-hybridized carbons (Fsp3) is 0.588. The Bertz CT molecular complexity index is 555. The van der Waals surface area contributed by atoms with E-state index in [4.69, 9.17) is 26.8 Å². The number of anilines is 1. The van der Waals surface area contributed by atoms with Gasteiger partial charge in [-0.05, 0) is 24.3 Å². The molecule has 0 spiro atoms. The summed E-state index contributed by atoms with van der Waals surface area (Å²) in [6, 6.07) is 3.02. The number of nitrogens with two attached hydrogens (primary N) is 1. The van der Waals surface area contributed by atoms with Gasteiger partial charge in [-0.2, -0.15) is 0 Å². The van der Waals surface area contributed by atoms with Crippen LogP contribution in [0.25, 0.3) is 0 Å². The highest BCUT2D eigenvalue weighted by Crippen LogP contribution is 2.29. The van der Waals surface area contributed by atoms with E-state index in [-0.39, 0.29) is 0 Å². The molecule has 1 aromatic rings. The van der Waals surface area contributed by atoms with Crippen molar-refractivity contribution in [1.29, 1.82) is 0 Å². The SMILES string of the molecule is COc1cc(N)c(Cl)cc1C(=O)OCCN1C[C@@H](C)C[C@H](C)C1. The summed E-state index contributed by atoms with van der Waals surface area (Å²) < 4.78 is 10.6. The molecular formula is C17H25ClN2O3. The van der Waals surface area contributed by atoms with Gasteiger partial charge in [0, 0.05) is 25.7 Å². The molecule has 23 heavy (non-hydrogen) atoms. The maximum atomic E-state index is 12.2. The highest BCUT2D eigenvalue weighted by Gasteiger charge is 2.22. The molecule has 0 aromatic heterocycles. The van der Waals surface area contributed by atoms with Gasteiger partial charge in [-0.1, -0.05) is 25.4 Å². The van der Waals surface area contributed by atoms with Crippen molar-refractivity contribution < 1.29 is 14.3 Å². The van der Waals surface area contributed by atoms with Crippen molar-refractivity contribution in [1.82, 2.24) is 4.90 Å². The van der Waals surface area contributed by atoms with Crippen molar-refractivity contribution >= 4 is 23.3 Å². The minimum absolute atomic E-state index is 0.298. The number of esters is 1. The average Bonchev–Trinajstić information content (AvgIpc) is 2.48. The predicted octanol–water partition coefficient (Wildman–Crippen LogP) is 3.07. The maximum absolute atomic E-state index is 12.2. The highest BCUT2D eigenvalue weighted by molar-refractivity contribution is 6.33. The first-order valence-corrected chi connectivity index (χ1v) is 8.31. The molecular weight excluding hydrogens is 316 g/mol. The second kappa shape index (κ2) is 7.88. The molecule has 0 bridgehead atoms. The Labute approximate surface area is 142 Å². The van der Waals surface area contributed by atoms with Crippen LogP contribution in [0, 0.1) is 11.8 Å². The maximum Gasteiger partial charge on any atom is 0.342 e. The van der Waals surface area contributed by atoms with Gasteiger partial charge in [-0.3, -0.25) is 4.90 Å². The lowest BCUT2D eigenvalue weighted by Crippen LogP contribution is -2.40. The van der Waals surface area contributed by atoms with E-state index in [1.807, 2.05) is 0 Å². The molecule has 2 rings (SSSR count). The first-order valence-electron chi connectivity index (χ1n) is 7.93. The van der Waals surface area contributed by atoms with Crippen LogP contribution in [-0.4, -0.2) is 44.2 Å². The molecule has 0 unspecified atom stereocenters.